The second kappa shape index (κ2) is 65.0. The molecule has 0 aromatic rings. The summed E-state index contributed by atoms with van der Waals surface area (Å²) in [5.41, 5.74) is 0. The summed E-state index contributed by atoms with van der Waals surface area (Å²) in [5.74, 6) is -0.635. The summed E-state index contributed by atoms with van der Waals surface area (Å²) >= 11 is 0. The van der Waals surface area contributed by atoms with Crippen molar-refractivity contribution in [2.75, 3.05) is 39.6 Å². The average Bonchev–Trinajstić information content (AvgIpc) is 3.36. The molecule has 0 spiro atoms. The van der Waals surface area contributed by atoms with E-state index in [0.717, 1.165) is 108 Å². The minimum Gasteiger partial charge on any atom is -0.462 e. The van der Waals surface area contributed by atoms with E-state index in [1.54, 1.807) is 0 Å². The summed E-state index contributed by atoms with van der Waals surface area (Å²) in [5, 5.41) is 10.6. The Balaban J connectivity index is 5.20. The smallest absolute Gasteiger partial charge is 0.462 e. The van der Waals surface area contributed by atoms with E-state index in [2.05, 4.69) is 41.5 Å². The van der Waals surface area contributed by atoms with Gasteiger partial charge < -0.3 is 33.8 Å². The molecule has 17 nitrogen and oxygen atoms in total. The number of phosphoric ester groups is 2. The van der Waals surface area contributed by atoms with E-state index in [1.165, 1.54) is 186 Å². The van der Waals surface area contributed by atoms with Crippen LogP contribution in [-0.2, 0) is 65.4 Å². The molecule has 3 N–H and O–H groups in total. The van der Waals surface area contributed by atoms with Gasteiger partial charge in [-0.15, -0.1) is 0 Å². The predicted molar refractivity (Wildman–Crippen MR) is 372 cm³/mol. The normalized spacial score (nSPS) is 14.1. The minimum atomic E-state index is -4.95. The van der Waals surface area contributed by atoms with Gasteiger partial charge in [-0.3, -0.25) is 37.3 Å². The summed E-state index contributed by atoms with van der Waals surface area (Å²) in [4.78, 5) is 72.6. The SMILES string of the molecule is CCCCCCCCCCCCCCCCCCCCCC(=O)O[C@H](COC(=O)CCCCCCCCCCCCCC(C)C)COP(=O)(O)OC[C@@H](O)COP(=O)(O)OC[C@@H](COC(=O)CCCCCCCCCC)OC(=O)CCCCCCCCCCC(C)C. The van der Waals surface area contributed by atoms with Crippen molar-refractivity contribution in [3.05, 3.63) is 0 Å². The molecule has 0 saturated carbocycles. The predicted octanol–water partition coefficient (Wildman–Crippen LogP) is 21.2. The van der Waals surface area contributed by atoms with Crippen LogP contribution in [0.4, 0.5) is 0 Å². The van der Waals surface area contributed by atoms with Crippen molar-refractivity contribution in [1.29, 1.82) is 0 Å². The van der Waals surface area contributed by atoms with Gasteiger partial charge >= 0.3 is 39.5 Å². The van der Waals surface area contributed by atoms with Gasteiger partial charge in [0.2, 0.25) is 0 Å². The van der Waals surface area contributed by atoms with Crippen molar-refractivity contribution in [3.8, 4) is 0 Å². The molecule has 0 aliphatic rings. The van der Waals surface area contributed by atoms with Crippen LogP contribution in [-0.4, -0.2) is 96.7 Å². The van der Waals surface area contributed by atoms with Gasteiger partial charge in [0, 0.05) is 25.7 Å². The van der Waals surface area contributed by atoms with Gasteiger partial charge in [-0.05, 0) is 37.5 Å². The summed E-state index contributed by atoms with van der Waals surface area (Å²) in [6.45, 7) is 9.51. The lowest BCUT2D eigenvalue weighted by Gasteiger charge is -2.21. The van der Waals surface area contributed by atoms with Crippen LogP contribution in [0.2, 0.25) is 0 Å². The third kappa shape index (κ3) is 66.7. The molecule has 0 rings (SSSR count). The van der Waals surface area contributed by atoms with Gasteiger partial charge in [0.05, 0.1) is 26.4 Å². The Morgan fingerprint density at radius 3 is 0.739 bits per heavy atom. The highest BCUT2D eigenvalue weighted by atomic mass is 31.2. The molecule has 0 fully saturated rings. The van der Waals surface area contributed by atoms with Crippen molar-refractivity contribution in [2.45, 2.75) is 394 Å². The molecule has 0 heterocycles. The van der Waals surface area contributed by atoms with Crippen LogP contribution in [0.5, 0.6) is 0 Å². The van der Waals surface area contributed by atoms with Crippen LogP contribution in [0.3, 0.4) is 0 Å². The highest BCUT2D eigenvalue weighted by Crippen LogP contribution is 2.45. The number of ether oxygens (including phenoxy) is 4. The van der Waals surface area contributed by atoms with Crippen molar-refractivity contribution < 1.29 is 80.2 Å². The molecule has 0 saturated heterocycles. The zero-order valence-electron chi connectivity index (χ0n) is 59.9. The number of aliphatic hydroxyl groups is 1. The number of hydrogen-bond donors (Lipinski definition) is 3. The van der Waals surface area contributed by atoms with Gasteiger partial charge in [0.1, 0.15) is 19.3 Å². The van der Waals surface area contributed by atoms with Gasteiger partial charge in [-0.1, -0.05) is 324 Å². The molecule has 0 radical (unpaired) electrons. The fourth-order valence-corrected chi connectivity index (χ4v) is 12.7. The quantitative estimate of drug-likeness (QED) is 0.0222. The average molecular weight is 1350 g/mol. The topological polar surface area (TPSA) is 237 Å². The van der Waals surface area contributed by atoms with E-state index in [4.69, 9.17) is 37.0 Å². The Hall–Kier alpha value is -1.94. The monoisotopic (exact) mass is 1350 g/mol. The van der Waals surface area contributed by atoms with E-state index in [-0.39, 0.29) is 25.7 Å². The number of hydrogen-bond acceptors (Lipinski definition) is 15. The summed E-state index contributed by atoms with van der Waals surface area (Å²) < 4.78 is 68.3. The molecule has 0 aromatic carbocycles. The van der Waals surface area contributed by atoms with E-state index in [9.17, 15) is 43.2 Å². The summed E-state index contributed by atoms with van der Waals surface area (Å²) in [6, 6.07) is 0. The largest absolute Gasteiger partial charge is 0.472 e. The first kappa shape index (κ1) is 90.1. The summed E-state index contributed by atoms with van der Waals surface area (Å²) in [6.07, 6.45) is 51.5. The number of aliphatic hydroxyl groups excluding tert-OH is 1. The maximum Gasteiger partial charge on any atom is 0.472 e. The fourth-order valence-electron chi connectivity index (χ4n) is 11.1. The van der Waals surface area contributed by atoms with Crippen LogP contribution < -0.4 is 0 Å². The van der Waals surface area contributed by atoms with Crippen molar-refractivity contribution in [2.24, 2.45) is 11.8 Å². The lowest BCUT2D eigenvalue weighted by Crippen LogP contribution is -2.30. The maximum atomic E-state index is 13.1. The molecular formula is C73H142O17P2. The third-order valence-corrected chi connectivity index (χ3v) is 18.9. The number of carbonyl (C=O) groups is 4. The molecule has 0 aliphatic heterocycles. The standard InChI is InChI=1S/C73H142O17P2/c1-7-9-11-13-15-17-18-19-20-21-22-23-24-25-28-32-39-45-51-57-72(77)89-69(62-84-71(76)56-50-44-38-31-29-26-27-30-35-41-47-53-65(3)4)64-88-92(81,82)86-60-67(74)59-85-91(79,80)87-63-68(61-83-70(75)55-49-43-37-16-14-12-10-8-2)90-73(78)58-52-46-40-34-33-36-42-48-54-66(5)6/h65-69,74H,7-64H2,1-6H3,(H,79,80)(H,81,82)/t67-,68+,69+/m0/s1. The molecule has 19 heteroatoms. The van der Waals surface area contributed by atoms with Crippen molar-refractivity contribution in [1.82, 2.24) is 0 Å². The number of carbonyl (C=O) groups excluding carboxylic acids is 4. The van der Waals surface area contributed by atoms with Gasteiger partial charge in [0.15, 0.2) is 12.2 Å². The number of esters is 4. The van der Waals surface area contributed by atoms with E-state index in [0.29, 0.717) is 25.7 Å². The number of phosphoric acid groups is 2. The van der Waals surface area contributed by atoms with Crippen LogP contribution in [0, 0.1) is 11.8 Å². The van der Waals surface area contributed by atoms with Gasteiger partial charge in [-0.2, -0.15) is 0 Å². The highest BCUT2D eigenvalue weighted by Gasteiger charge is 2.30. The Morgan fingerprint density at radius 1 is 0.293 bits per heavy atom. The Kier molecular flexibility index (Phi) is 63.7. The van der Waals surface area contributed by atoms with E-state index in [1.807, 2.05) is 0 Å². The molecule has 0 aliphatic carbocycles. The highest BCUT2D eigenvalue weighted by molar-refractivity contribution is 7.47. The first-order valence-corrected chi connectivity index (χ1v) is 41.0. The van der Waals surface area contributed by atoms with E-state index < -0.39 is 97.5 Å². The van der Waals surface area contributed by atoms with Crippen molar-refractivity contribution in [3.63, 3.8) is 0 Å². The molecule has 0 bridgehead atoms. The summed E-state index contributed by atoms with van der Waals surface area (Å²) in [7, 11) is -9.90. The molecule has 546 valence electrons. The van der Waals surface area contributed by atoms with Gasteiger partial charge in [0.25, 0.3) is 0 Å². The lowest BCUT2D eigenvalue weighted by atomic mass is 10.0. The number of rotatable bonds is 72. The van der Waals surface area contributed by atoms with Crippen LogP contribution in [0.25, 0.3) is 0 Å². The molecule has 0 aromatic heterocycles. The maximum absolute atomic E-state index is 13.1. The first-order valence-electron chi connectivity index (χ1n) is 38.0. The Bertz CT molecular complexity index is 1790. The van der Waals surface area contributed by atoms with Crippen molar-refractivity contribution >= 4 is 39.5 Å². The van der Waals surface area contributed by atoms with Crippen LogP contribution in [0.15, 0.2) is 0 Å². The zero-order valence-corrected chi connectivity index (χ0v) is 61.6. The second-order valence-electron chi connectivity index (χ2n) is 27.3. The van der Waals surface area contributed by atoms with Gasteiger partial charge in [-0.25, -0.2) is 9.13 Å². The zero-order chi connectivity index (χ0) is 67.9. The van der Waals surface area contributed by atoms with Crippen LogP contribution in [0.1, 0.15) is 375 Å². The number of unbranched alkanes of at least 4 members (excludes halogenated alkanes) is 42. The van der Waals surface area contributed by atoms with E-state index >= 15 is 0 Å². The first-order chi connectivity index (χ1) is 44.4. The second-order valence-corrected chi connectivity index (χ2v) is 30.2. The lowest BCUT2D eigenvalue weighted by molar-refractivity contribution is -0.161. The molecule has 92 heavy (non-hydrogen) atoms. The molecule has 0 amide bonds. The molecule has 2 unspecified atom stereocenters. The Labute approximate surface area is 562 Å². The Morgan fingerprint density at radius 2 is 0.500 bits per heavy atom. The minimum absolute atomic E-state index is 0.104. The molecular weight excluding hydrogens is 1210 g/mol. The molecule has 5 atom stereocenters. The van der Waals surface area contributed by atoms with Crippen LogP contribution >= 0.6 is 15.6 Å². The third-order valence-electron chi connectivity index (χ3n) is 17.0. The fraction of sp³-hybridized carbons (Fsp3) is 0.945.